The van der Waals surface area contributed by atoms with E-state index >= 15 is 0 Å². The number of hydrogen-bond donors (Lipinski definition) is 3. The van der Waals surface area contributed by atoms with E-state index < -0.39 is 6.67 Å². The largest absolute Gasteiger partial charge is 0.457 e. The van der Waals surface area contributed by atoms with Gasteiger partial charge in [-0.1, -0.05) is 24.3 Å². The number of carbonyl (C=O) groups excluding carboxylic acids is 1. The van der Waals surface area contributed by atoms with Crippen molar-refractivity contribution in [2.45, 2.75) is 6.67 Å². The summed E-state index contributed by atoms with van der Waals surface area (Å²) in [6, 6.07) is 19.2. The second-order valence-electron chi connectivity index (χ2n) is 7.70. The van der Waals surface area contributed by atoms with Crippen LogP contribution in [0.4, 0.5) is 21.8 Å². The molecule has 0 radical (unpaired) electrons. The maximum Gasteiger partial charge on any atom is 0.270 e. The Hall–Kier alpha value is -4.57. The van der Waals surface area contributed by atoms with Gasteiger partial charge in [0.15, 0.2) is 0 Å². The maximum atomic E-state index is 12.8. The SMILES string of the molecule is COCCNC(=O)c1cc(Oc2ccc(Nc3cc(-c4ccc(CF)cc4)nc(N)n3)cc2)ccn1. The molecule has 36 heavy (non-hydrogen) atoms. The van der Waals surface area contributed by atoms with Crippen molar-refractivity contribution >= 4 is 23.4 Å². The van der Waals surface area contributed by atoms with Gasteiger partial charge in [0.25, 0.3) is 5.91 Å². The summed E-state index contributed by atoms with van der Waals surface area (Å²) in [6.45, 7) is 0.283. The summed E-state index contributed by atoms with van der Waals surface area (Å²) in [6.07, 6.45) is 1.51. The van der Waals surface area contributed by atoms with Crippen LogP contribution in [0, 0.1) is 0 Å². The first kappa shape index (κ1) is 24.6. The highest BCUT2D eigenvalue weighted by Gasteiger charge is 2.09. The van der Waals surface area contributed by atoms with E-state index in [1.807, 2.05) is 12.1 Å². The minimum absolute atomic E-state index is 0.115. The fourth-order valence-corrected chi connectivity index (χ4v) is 3.29. The molecule has 2 heterocycles. The van der Waals surface area contributed by atoms with Crippen LogP contribution in [0.2, 0.25) is 0 Å². The van der Waals surface area contributed by atoms with Crippen LogP contribution in [-0.4, -0.2) is 41.1 Å². The number of pyridine rings is 1. The third-order valence-electron chi connectivity index (χ3n) is 5.07. The number of anilines is 3. The number of hydrogen-bond acceptors (Lipinski definition) is 8. The summed E-state index contributed by atoms with van der Waals surface area (Å²) in [4.78, 5) is 24.8. The normalized spacial score (nSPS) is 10.6. The van der Waals surface area contributed by atoms with Crippen LogP contribution < -0.4 is 21.1 Å². The van der Waals surface area contributed by atoms with Gasteiger partial charge in [-0.25, -0.2) is 9.37 Å². The molecule has 0 spiro atoms. The van der Waals surface area contributed by atoms with E-state index in [4.69, 9.17) is 15.2 Å². The third-order valence-corrected chi connectivity index (χ3v) is 5.07. The standard InChI is InChI=1S/C26H25FN6O3/c1-35-13-12-30-25(34)23-14-21(10-11-29-23)36-20-8-6-19(7-9-20)31-24-15-22(32-26(28)33-24)18-4-2-17(16-27)3-5-18/h2-11,14-15H,12-13,16H2,1H3,(H,30,34)(H3,28,31,32,33). The van der Waals surface area contributed by atoms with Gasteiger partial charge in [-0.15, -0.1) is 0 Å². The quantitative estimate of drug-likeness (QED) is 0.279. The summed E-state index contributed by atoms with van der Waals surface area (Å²) in [5, 5.41) is 5.92. The molecule has 4 N–H and O–H groups in total. The zero-order chi connectivity index (χ0) is 25.3. The number of halogens is 1. The maximum absolute atomic E-state index is 12.8. The molecule has 0 unspecified atom stereocenters. The van der Waals surface area contributed by atoms with E-state index in [1.54, 1.807) is 61.7 Å². The van der Waals surface area contributed by atoms with Crippen LogP contribution in [0.5, 0.6) is 11.5 Å². The Kier molecular flexibility index (Phi) is 7.99. The van der Waals surface area contributed by atoms with Crippen molar-refractivity contribution in [3.63, 3.8) is 0 Å². The number of methoxy groups -OCH3 is 1. The molecule has 9 nitrogen and oxygen atoms in total. The van der Waals surface area contributed by atoms with Crippen LogP contribution in [0.25, 0.3) is 11.3 Å². The van der Waals surface area contributed by atoms with Gasteiger partial charge in [-0.05, 0) is 35.9 Å². The predicted octanol–water partition coefficient (Wildman–Crippen LogP) is 4.50. The number of nitrogens with two attached hydrogens (primary N) is 1. The monoisotopic (exact) mass is 488 g/mol. The Morgan fingerprint density at radius 2 is 1.78 bits per heavy atom. The highest BCUT2D eigenvalue weighted by molar-refractivity contribution is 5.92. The molecule has 2 aromatic heterocycles. The van der Waals surface area contributed by atoms with E-state index in [2.05, 4.69) is 25.6 Å². The first-order valence-corrected chi connectivity index (χ1v) is 11.1. The number of nitrogens with zero attached hydrogens (tertiary/aromatic N) is 3. The Bertz CT molecular complexity index is 1320. The number of carbonyl (C=O) groups is 1. The van der Waals surface area contributed by atoms with Gasteiger partial charge >= 0.3 is 0 Å². The second kappa shape index (κ2) is 11.7. The van der Waals surface area contributed by atoms with Crippen molar-refractivity contribution in [2.24, 2.45) is 0 Å². The van der Waals surface area contributed by atoms with E-state index in [9.17, 15) is 9.18 Å². The molecule has 0 aliphatic carbocycles. The molecule has 184 valence electrons. The average Bonchev–Trinajstić information content (AvgIpc) is 2.90. The number of ether oxygens (including phenoxy) is 2. The van der Waals surface area contributed by atoms with Crippen LogP contribution in [-0.2, 0) is 11.4 Å². The van der Waals surface area contributed by atoms with Gasteiger partial charge in [-0.2, -0.15) is 4.98 Å². The number of amides is 1. The fourth-order valence-electron chi connectivity index (χ4n) is 3.29. The van der Waals surface area contributed by atoms with Crippen molar-refractivity contribution in [1.82, 2.24) is 20.3 Å². The van der Waals surface area contributed by atoms with Crippen LogP contribution in [0.1, 0.15) is 16.1 Å². The number of nitrogens with one attached hydrogen (secondary N) is 2. The van der Waals surface area contributed by atoms with Gasteiger partial charge in [0.05, 0.1) is 12.3 Å². The van der Waals surface area contributed by atoms with Gasteiger partial charge in [0.2, 0.25) is 5.95 Å². The molecule has 0 atom stereocenters. The molecular formula is C26H25FN6O3. The van der Waals surface area contributed by atoms with Gasteiger partial charge in [-0.3, -0.25) is 9.78 Å². The molecule has 0 saturated heterocycles. The van der Waals surface area contributed by atoms with Gasteiger partial charge < -0.3 is 25.8 Å². The first-order valence-electron chi connectivity index (χ1n) is 11.1. The molecule has 1 amide bonds. The summed E-state index contributed by atoms with van der Waals surface area (Å²) >= 11 is 0. The molecule has 4 rings (SSSR count). The second-order valence-corrected chi connectivity index (χ2v) is 7.70. The van der Waals surface area contributed by atoms with Crippen molar-refractivity contribution < 1.29 is 18.7 Å². The number of alkyl halides is 1. The smallest absolute Gasteiger partial charge is 0.270 e. The Labute approximate surface area is 207 Å². The summed E-state index contributed by atoms with van der Waals surface area (Å²) < 4.78 is 23.6. The van der Waals surface area contributed by atoms with Gasteiger partial charge in [0.1, 0.15) is 29.7 Å². The Morgan fingerprint density at radius 1 is 1.00 bits per heavy atom. The van der Waals surface area contributed by atoms with Crippen molar-refractivity contribution in [3.05, 3.63) is 84.2 Å². The van der Waals surface area contributed by atoms with Crippen LogP contribution >= 0.6 is 0 Å². The summed E-state index contributed by atoms with van der Waals surface area (Å²) in [7, 11) is 1.57. The number of benzene rings is 2. The minimum atomic E-state index is -0.523. The molecule has 4 aromatic rings. The lowest BCUT2D eigenvalue weighted by Crippen LogP contribution is -2.27. The highest BCUT2D eigenvalue weighted by atomic mass is 19.1. The lowest BCUT2D eigenvalue weighted by Gasteiger charge is -2.11. The predicted molar refractivity (Wildman–Crippen MR) is 135 cm³/mol. The van der Waals surface area contributed by atoms with E-state index in [-0.39, 0.29) is 17.5 Å². The zero-order valence-corrected chi connectivity index (χ0v) is 19.6. The van der Waals surface area contributed by atoms with Crippen LogP contribution in [0.15, 0.2) is 72.9 Å². The lowest BCUT2D eigenvalue weighted by atomic mass is 10.1. The molecule has 0 aliphatic heterocycles. The minimum Gasteiger partial charge on any atom is -0.457 e. The van der Waals surface area contributed by atoms with E-state index in [0.29, 0.717) is 41.7 Å². The molecule has 0 aliphatic rings. The topological polar surface area (TPSA) is 124 Å². The van der Waals surface area contributed by atoms with Crippen molar-refractivity contribution in [2.75, 3.05) is 31.3 Å². The van der Waals surface area contributed by atoms with Crippen molar-refractivity contribution in [3.8, 4) is 22.8 Å². The Balaban J connectivity index is 1.42. The summed E-state index contributed by atoms with van der Waals surface area (Å²) in [5.74, 6) is 1.38. The van der Waals surface area contributed by atoms with E-state index in [0.717, 1.165) is 11.3 Å². The molecule has 0 fully saturated rings. The van der Waals surface area contributed by atoms with Crippen LogP contribution in [0.3, 0.4) is 0 Å². The summed E-state index contributed by atoms with van der Waals surface area (Å²) in [5.41, 5.74) is 8.92. The molecular weight excluding hydrogens is 463 g/mol. The number of aromatic nitrogens is 3. The highest BCUT2D eigenvalue weighted by Crippen LogP contribution is 2.26. The molecule has 10 heteroatoms. The Morgan fingerprint density at radius 3 is 2.50 bits per heavy atom. The average molecular weight is 489 g/mol. The van der Waals surface area contributed by atoms with Gasteiger partial charge in [0, 0.05) is 43.2 Å². The van der Waals surface area contributed by atoms with Crippen molar-refractivity contribution in [1.29, 1.82) is 0 Å². The fraction of sp³-hybridized carbons (Fsp3) is 0.154. The molecule has 0 bridgehead atoms. The first-order chi connectivity index (χ1) is 17.5. The van der Waals surface area contributed by atoms with E-state index in [1.165, 1.54) is 6.20 Å². The number of nitrogen functional groups attached to an aromatic ring is 1. The zero-order valence-electron chi connectivity index (χ0n) is 19.6. The molecule has 2 aromatic carbocycles. The molecule has 0 saturated carbocycles. The lowest BCUT2D eigenvalue weighted by molar-refractivity contribution is 0.0932. The third kappa shape index (κ3) is 6.51. The number of rotatable bonds is 10.